The van der Waals surface area contributed by atoms with E-state index in [1.165, 1.54) is 0 Å². The van der Waals surface area contributed by atoms with E-state index in [2.05, 4.69) is 9.98 Å². The summed E-state index contributed by atoms with van der Waals surface area (Å²) in [6.45, 7) is 2.00. The number of nitrogens with zero attached hydrogens (tertiary/aromatic N) is 2. The minimum Gasteiger partial charge on any atom is -0.370 e. The molecule has 4 N–H and O–H groups in total. The van der Waals surface area contributed by atoms with Crippen LogP contribution in [-0.4, -0.2) is 16.9 Å². The summed E-state index contributed by atoms with van der Waals surface area (Å²) in [5.41, 5.74) is 15.0. The zero-order valence-electron chi connectivity index (χ0n) is 12.7. The van der Waals surface area contributed by atoms with E-state index in [0.717, 1.165) is 27.6 Å². The molecule has 0 aliphatic rings. The van der Waals surface area contributed by atoms with Gasteiger partial charge in [-0.05, 0) is 41.8 Å². The first-order valence-electron chi connectivity index (χ1n) is 7.15. The van der Waals surface area contributed by atoms with Crippen LogP contribution < -0.4 is 11.5 Å². The minimum absolute atomic E-state index is 0.249. The summed E-state index contributed by atoms with van der Waals surface area (Å²) in [5, 5.41) is 0.896. The van der Waals surface area contributed by atoms with Crippen molar-refractivity contribution in [3.8, 4) is 11.1 Å². The lowest BCUT2D eigenvalue weighted by atomic mass is 9.96. The molecule has 23 heavy (non-hydrogen) atoms. The number of aliphatic imine (C=N–C) groups is 1. The molecule has 0 saturated carbocycles. The van der Waals surface area contributed by atoms with Gasteiger partial charge in [-0.3, -0.25) is 9.78 Å². The summed E-state index contributed by atoms with van der Waals surface area (Å²) in [7, 11) is 0. The molecular weight excluding hydrogens is 288 g/mol. The number of nitrogens with two attached hydrogens (primary N) is 2. The van der Waals surface area contributed by atoms with Crippen LogP contribution in [0.3, 0.4) is 0 Å². The maximum Gasteiger partial charge on any atom is 0.280 e. The third-order valence-electron chi connectivity index (χ3n) is 3.60. The van der Waals surface area contributed by atoms with Gasteiger partial charge in [-0.1, -0.05) is 30.3 Å². The molecule has 0 radical (unpaired) electrons. The van der Waals surface area contributed by atoms with Crippen LogP contribution in [0.15, 0.2) is 59.7 Å². The lowest BCUT2D eigenvalue weighted by molar-refractivity contribution is 0.100. The molecule has 1 amide bonds. The van der Waals surface area contributed by atoms with E-state index in [-0.39, 0.29) is 5.96 Å². The monoisotopic (exact) mass is 304 g/mol. The zero-order valence-corrected chi connectivity index (χ0v) is 12.7. The van der Waals surface area contributed by atoms with Gasteiger partial charge in [0.2, 0.25) is 0 Å². The third-order valence-corrected chi connectivity index (χ3v) is 3.60. The number of hydrogen-bond acceptors (Lipinski definition) is 2. The Balaban J connectivity index is 2.25. The SMILES string of the molecule is Cc1cnc2ccc(C(=O)N=C(N)N)cc2c1-c1ccccc1. The highest BCUT2D eigenvalue weighted by molar-refractivity contribution is 6.06. The number of carbonyl (C=O) groups excluding carboxylic acids is 1. The van der Waals surface area contributed by atoms with E-state index < -0.39 is 5.91 Å². The van der Waals surface area contributed by atoms with Gasteiger partial charge in [0, 0.05) is 17.1 Å². The molecule has 114 valence electrons. The first-order chi connectivity index (χ1) is 11.1. The molecule has 1 heterocycles. The van der Waals surface area contributed by atoms with Gasteiger partial charge >= 0.3 is 0 Å². The molecular formula is C18H16N4O. The van der Waals surface area contributed by atoms with E-state index >= 15 is 0 Å². The van der Waals surface area contributed by atoms with Gasteiger partial charge in [-0.25, -0.2) is 0 Å². The van der Waals surface area contributed by atoms with Crippen LogP contribution in [-0.2, 0) is 0 Å². The number of aryl methyl sites for hydroxylation is 1. The third kappa shape index (κ3) is 2.89. The zero-order chi connectivity index (χ0) is 16.4. The number of hydrogen-bond donors (Lipinski definition) is 2. The number of aromatic nitrogens is 1. The van der Waals surface area contributed by atoms with Gasteiger partial charge in [0.15, 0.2) is 5.96 Å². The maximum absolute atomic E-state index is 12.1. The molecule has 2 aromatic carbocycles. The maximum atomic E-state index is 12.1. The van der Waals surface area contributed by atoms with Crippen LogP contribution in [0.2, 0.25) is 0 Å². The first-order valence-corrected chi connectivity index (χ1v) is 7.15. The van der Waals surface area contributed by atoms with E-state index in [1.54, 1.807) is 18.2 Å². The van der Waals surface area contributed by atoms with Gasteiger partial charge < -0.3 is 11.5 Å². The van der Waals surface area contributed by atoms with Crippen LogP contribution in [0.25, 0.3) is 22.0 Å². The molecule has 5 nitrogen and oxygen atoms in total. The Morgan fingerprint density at radius 1 is 1.09 bits per heavy atom. The van der Waals surface area contributed by atoms with Crippen molar-refractivity contribution in [1.82, 2.24) is 4.98 Å². The molecule has 0 aliphatic heterocycles. The number of benzene rings is 2. The molecule has 0 atom stereocenters. The quantitative estimate of drug-likeness (QED) is 0.562. The van der Waals surface area contributed by atoms with E-state index in [4.69, 9.17) is 11.5 Å². The molecule has 3 aromatic rings. The molecule has 1 aromatic heterocycles. The lowest BCUT2D eigenvalue weighted by Crippen LogP contribution is -2.24. The van der Waals surface area contributed by atoms with E-state index in [1.807, 2.05) is 43.5 Å². The molecule has 5 heteroatoms. The molecule has 0 spiro atoms. The Bertz CT molecular complexity index is 913. The highest BCUT2D eigenvalue weighted by Crippen LogP contribution is 2.31. The van der Waals surface area contributed by atoms with Crippen molar-refractivity contribution in [2.75, 3.05) is 0 Å². The number of amides is 1. The smallest absolute Gasteiger partial charge is 0.280 e. The average Bonchev–Trinajstić information content (AvgIpc) is 2.54. The minimum atomic E-state index is -0.465. The lowest BCUT2D eigenvalue weighted by Gasteiger charge is -2.11. The van der Waals surface area contributed by atoms with Crippen molar-refractivity contribution in [1.29, 1.82) is 0 Å². The fraction of sp³-hybridized carbons (Fsp3) is 0.0556. The highest BCUT2D eigenvalue weighted by atomic mass is 16.1. The van der Waals surface area contributed by atoms with Gasteiger partial charge in [-0.2, -0.15) is 4.99 Å². The number of fused-ring (bicyclic) bond motifs is 1. The van der Waals surface area contributed by atoms with Crippen LogP contribution in [0.1, 0.15) is 15.9 Å². The van der Waals surface area contributed by atoms with Crippen molar-refractivity contribution in [2.45, 2.75) is 6.92 Å². The summed E-state index contributed by atoms with van der Waals surface area (Å²) in [5.74, 6) is -0.715. The summed E-state index contributed by atoms with van der Waals surface area (Å²) >= 11 is 0. The van der Waals surface area contributed by atoms with Gasteiger partial charge in [0.25, 0.3) is 5.91 Å². The topological polar surface area (TPSA) is 94.4 Å². The first kappa shape index (κ1) is 14.7. The Labute approximate surface area is 133 Å². The Morgan fingerprint density at radius 2 is 1.83 bits per heavy atom. The second kappa shape index (κ2) is 5.88. The van der Waals surface area contributed by atoms with E-state index in [0.29, 0.717) is 5.56 Å². The van der Waals surface area contributed by atoms with Crippen molar-refractivity contribution >= 4 is 22.8 Å². The van der Waals surface area contributed by atoms with Crippen LogP contribution >= 0.6 is 0 Å². The van der Waals surface area contributed by atoms with Gasteiger partial charge in [0.05, 0.1) is 5.52 Å². The van der Waals surface area contributed by atoms with Crippen LogP contribution in [0.4, 0.5) is 0 Å². The van der Waals surface area contributed by atoms with Crippen LogP contribution in [0, 0.1) is 6.92 Å². The number of guanidine groups is 1. The summed E-state index contributed by atoms with van der Waals surface area (Å²) in [4.78, 5) is 20.1. The summed E-state index contributed by atoms with van der Waals surface area (Å²) in [6, 6.07) is 15.3. The Morgan fingerprint density at radius 3 is 2.52 bits per heavy atom. The predicted molar refractivity (Wildman–Crippen MR) is 92.1 cm³/mol. The van der Waals surface area contributed by atoms with Crippen molar-refractivity contribution in [3.05, 3.63) is 65.9 Å². The van der Waals surface area contributed by atoms with Gasteiger partial charge in [0.1, 0.15) is 0 Å². The average molecular weight is 304 g/mol. The molecule has 0 fully saturated rings. The fourth-order valence-electron chi connectivity index (χ4n) is 2.60. The standard InChI is InChI=1S/C18H16N4O/c1-11-10-21-15-8-7-13(17(23)22-18(19)20)9-14(15)16(11)12-5-3-2-4-6-12/h2-10H,1H3,(H4,19,20,22,23). The van der Waals surface area contributed by atoms with Gasteiger partial charge in [-0.15, -0.1) is 0 Å². The second-order valence-electron chi connectivity index (χ2n) is 5.26. The summed E-state index contributed by atoms with van der Waals surface area (Å²) < 4.78 is 0. The largest absolute Gasteiger partial charge is 0.370 e. The second-order valence-corrected chi connectivity index (χ2v) is 5.26. The van der Waals surface area contributed by atoms with Crippen molar-refractivity contribution in [3.63, 3.8) is 0 Å². The Hall–Kier alpha value is -3.21. The summed E-state index contributed by atoms with van der Waals surface area (Å²) in [6.07, 6.45) is 1.84. The number of pyridine rings is 1. The molecule has 0 aliphatic carbocycles. The van der Waals surface area contributed by atoms with Crippen LogP contribution in [0.5, 0.6) is 0 Å². The number of rotatable bonds is 2. The molecule has 0 unspecified atom stereocenters. The van der Waals surface area contributed by atoms with Crippen molar-refractivity contribution in [2.24, 2.45) is 16.5 Å². The predicted octanol–water partition coefficient (Wildman–Crippen LogP) is 2.62. The normalized spacial score (nSPS) is 10.5. The van der Waals surface area contributed by atoms with Crippen molar-refractivity contribution < 1.29 is 4.79 Å². The van der Waals surface area contributed by atoms with E-state index in [9.17, 15) is 4.79 Å². The molecule has 3 rings (SSSR count). The highest BCUT2D eigenvalue weighted by Gasteiger charge is 2.12. The number of carbonyl (C=O) groups is 1. The fourth-order valence-corrected chi connectivity index (χ4v) is 2.60. The molecule has 0 saturated heterocycles. The Kier molecular flexibility index (Phi) is 3.76. The molecule has 0 bridgehead atoms.